The fourth-order valence-electron chi connectivity index (χ4n) is 4.46. The van der Waals surface area contributed by atoms with Crippen molar-refractivity contribution in [2.24, 2.45) is 10.9 Å². The molecule has 0 aromatic heterocycles. The summed E-state index contributed by atoms with van der Waals surface area (Å²) in [6.07, 6.45) is 9.75. The van der Waals surface area contributed by atoms with Gasteiger partial charge >= 0.3 is 0 Å². The van der Waals surface area contributed by atoms with Crippen LogP contribution in [0.4, 0.5) is 5.69 Å². The summed E-state index contributed by atoms with van der Waals surface area (Å²) in [5.41, 5.74) is 7.15. The second-order valence-electron chi connectivity index (χ2n) is 10.7. The van der Waals surface area contributed by atoms with E-state index in [1.54, 1.807) is 0 Å². The maximum atomic E-state index is 6.57. The molecule has 3 aromatic carbocycles. The molecule has 2 atom stereocenters. The van der Waals surface area contributed by atoms with Crippen molar-refractivity contribution in [2.75, 3.05) is 6.61 Å². The Balaban J connectivity index is 1.74. The largest absolute Gasteiger partial charge is 0.492 e. The summed E-state index contributed by atoms with van der Waals surface area (Å²) in [5.74, 6) is 1.46. The molecule has 0 amide bonds. The predicted molar refractivity (Wildman–Crippen MR) is 159 cm³/mol. The minimum atomic E-state index is 0.0681. The lowest BCUT2D eigenvalue weighted by Crippen LogP contribution is -2.21. The molecule has 0 aliphatic heterocycles. The third-order valence-electron chi connectivity index (χ3n) is 6.63. The second-order valence-corrected chi connectivity index (χ2v) is 12.0. The van der Waals surface area contributed by atoms with Crippen molar-refractivity contribution in [1.82, 2.24) is 0 Å². The van der Waals surface area contributed by atoms with E-state index in [1.807, 2.05) is 18.2 Å². The van der Waals surface area contributed by atoms with Gasteiger partial charge in [-0.3, -0.25) is 4.99 Å². The van der Waals surface area contributed by atoms with Gasteiger partial charge in [0.05, 0.1) is 12.3 Å². The number of aryl methyl sites for hydroxylation is 2. The highest BCUT2D eigenvalue weighted by atomic mass is 31.1. The molecule has 0 N–H and O–H groups in total. The van der Waals surface area contributed by atoms with Gasteiger partial charge in [-0.25, -0.2) is 0 Å². The van der Waals surface area contributed by atoms with E-state index in [2.05, 4.69) is 108 Å². The number of hydrogen-bond acceptors (Lipinski definition) is 2. The van der Waals surface area contributed by atoms with Gasteiger partial charge in [0.25, 0.3) is 0 Å². The standard InChI is InChI=1S/C33H38NOP/c1-23-14-13-19-29(25(3)34-28-17-11-8-12-18-28)32(23)36-30-21-27(33(4,5)6)20-24(2)31(30)35-22-26-15-9-7-10-16-26/h7-15,17-21,26,36H,16,22H2,1-6H3. The van der Waals surface area contributed by atoms with E-state index in [0.717, 1.165) is 23.6 Å². The highest BCUT2D eigenvalue weighted by molar-refractivity contribution is 7.56. The number of hydrogen-bond donors (Lipinski definition) is 0. The zero-order valence-corrected chi connectivity index (χ0v) is 23.4. The first kappa shape index (κ1) is 26.1. The molecule has 0 radical (unpaired) electrons. The Morgan fingerprint density at radius 1 is 0.972 bits per heavy atom. The molecule has 0 saturated carbocycles. The van der Waals surface area contributed by atoms with E-state index in [9.17, 15) is 0 Å². The molecule has 3 aromatic rings. The lowest BCUT2D eigenvalue weighted by atomic mass is 9.86. The summed E-state index contributed by atoms with van der Waals surface area (Å²) in [7, 11) is 0.480. The van der Waals surface area contributed by atoms with Crippen molar-refractivity contribution in [3.05, 3.63) is 107 Å². The lowest BCUT2D eigenvalue weighted by molar-refractivity contribution is 0.276. The third kappa shape index (κ3) is 6.42. The average Bonchev–Trinajstić information content (AvgIpc) is 2.85. The summed E-state index contributed by atoms with van der Waals surface area (Å²) < 4.78 is 6.57. The Kier molecular flexibility index (Phi) is 8.27. The smallest absolute Gasteiger partial charge is 0.129 e. The van der Waals surface area contributed by atoms with Crippen LogP contribution >= 0.6 is 8.58 Å². The van der Waals surface area contributed by atoms with Gasteiger partial charge in [0, 0.05) is 22.5 Å². The van der Waals surface area contributed by atoms with Crippen LogP contribution in [0.1, 0.15) is 56.4 Å². The van der Waals surface area contributed by atoms with Crippen molar-refractivity contribution >= 4 is 30.6 Å². The van der Waals surface area contributed by atoms with Crippen LogP contribution in [-0.4, -0.2) is 12.3 Å². The number of para-hydroxylation sites is 1. The number of allylic oxidation sites excluding steroid dienone is 3. The van der Waals surface area contributed by atoms with E-state index in [0.29, 0.717) is 21.1 Å². The topological polar surface area (TPSA) is 21.6 Å². The lowest BCUT2D eigenvalue weighted by Gasteiger charge is -2.25. The summed E-state index contributed by atoms with van der Waals surface area (Å²) >= 11 is 0. The van der Waals surface area contributed by atoms with Crippen LogP contribution in [0.2, 0.25) is 0 Å². The Morgan fingerprint density at radius 2 is 1.75 bits per heavy atom. The van der Waals surface area contributed by atoms with Gasteiger partial charge in [0.15, 0.2) is 0 Å². The summed E-state index contributed by atoms with van der Waals surface area (Å²) in [4.78, 5) is 4.94. The third-order valence-corrected chi connectivity index (χ3v) is 8.18. The van der Waals surface area contributed by atoms with Crippen molar-refractivity contribution in [2.45, 2.75) is 53.4 Å². The van der Waals surface area contributed by atoms with E-state index in [-0.39, 0.29) is 5.41 Å². The maximum Gasteiger partial charge on any atom is 0.129 e. The van der Waals surface area contributed by atoms with Crippen LogP contribution in [0.15, 0.2) is 90.0 Å². The minimum absolute atomic E-state index is 0.0681. The minimum Gasteiger partial charge on any atom is -0.492 e. The molecule has 0 bridgehead atoms. The molecule has 2 nitrogen and oxygen atoms in total. The first-order valence-electron chi connectivity index (χ1n) is 12.8. The van der Waals surface area contributed by atoms with Crippen LogP contribution in [0.3, 0.4) is 0 Å². The van der Waals surface area contributed by atoms with Crippen LogP contribution in [0.25, 0.3) is 0 Å². The van der Waals surface area contributed by atoms with Gasteiger partial charge in [0.2, 0.25) is 0 Å². The van der Waals surface area contributed by atoms with E-state index in [1.165, 1.54) is 32.9 Å². The molecule has 0 fully saturated rings. The monoisotopic (exact) mass is 495 g/mol. The SMILES string of the molecule is CC(=Nc1ccccc1)c1cccc(C)c1Pc1cc(C(C)(C)C)cc(C)c1OCC1C=CC=CC1. The fourth-order valence-corrected chi connectivity index (χ4v) is 6.02. The van der Waals surface area contributed by atoms with Crippen molar-refractivity contribution in [3.8, 4) is 5.75 Å². The first-order valence-corrected chi connectivity index (χ1v) is 13.8. The van der Waals surface area contributed by atoms with E-state index in [4.69, 9.17) is 9.73 Å². The van der Waals surface area contributed by atoms with Crippen molar-refractivity contribution < 1.29 is 4.74 Å². The van der Waals surface area contributed by atoms with Gasteiger partial charge in [0.1, 0.15) is 5.75 Å². The fraction of sp³-hybridized carbons (Fsp3) is 0.303. The van der Waals surface area contributed by atoms with Gasteiger partial charge in [-0.05, 0) is 72.8 Å². The Labute approximate surface area is 219 Å². The zero-order chi connectivity index (χ0) is 25.7. The quantitative estimate of drug-likeness (QED) is 0.241. The van der Waals surface area contributed by atoms with Gasteiger partial charge in [-0.2, -0.15) is 0 Å². The molecule has 0 heterocycles. The summed E-state index contributed by atoms with van der Waals surface area (Å²) in [5, 5.41) is 2.61. The second kappa shape index (κ2) is 11.4. The van der Waals surface area contributed by atoms with Crippen LogP contribution in [0, 0.1) is 19.8 Å². The molecule has 0 saturated heterocycles. The number of rotatable bonds is 7. The summed E-state index contributed by atoms with van der Waals surface area (Å²) in [6.45, 7) is 14.1. The maximum absolute atomic E-state index is 6.57. The average molecular weight is 496 g/mol. The molecular formula is C33H38NOP. The highest BCUT2D eigenvalue weighted by Crippen LogP contribution is 2.32. The normalized spacial score (nSPS) is 16.2. The van der Waals surface area contributed by atoms with E-state index >= 15 is 0 Å². The van der Waals surface area contributed by atoms with Crippen LogP contribution in [-0.2, 0) is 5.41 Å². The van der Waals surface area contributed by atoms with Gasteiger partial charge in [-0.15, -0.1) is 0 Å². The first-order chi connectivity index (χ1) is 17.2. The molecule has 186 valence electrons. The number of benzene rings is 3. The molecule has 1 aliphatic carbocycles. The number of ether oxygens (including phenoxy) is 1. The van der Waals surface area contributed by atoms with Gasteiger partial charge < -0.3 is 4.74 Å². The Bertz CT molecular complexity index is 1300. The highest BCUT2D eigenvalue weighted by Gasteiger charge is 2.21. The molecular weight excluding hydrogens is 457 g/mol. The van der Waals surface area contributed by atoms with Crippen molar-refractivity contribution in [3.63, 3.8) is 0 Å². The Hall–Kier alpha value is -2.96. The summed E-state index contributed by atoms with van der Waals surface area (Å²) in [6, 6.07) is 21.4. The predicted octanol–water partition coefficient (Wildman–Crippen LogP) is 7.88. The molecule has 4 rings (SSSR count). The van der Waals surface area contributed by atoms with Crippen molar-refractivity contribution in [1.29, 1.82) is 0 Å². The number of nitrogens with zero attached hydrogens (tertiary/aromatic N) is 1. The molecule has 0 spiro atoms. The molecule has 2 unspecified atom stereocenters. The zero-order valence-electron chi connectivity index (χ0n) is 22.4. The molecule has 1 aliphatic rings. The molecule has 36 heavy (non-hydrogen) atoms. The van der Waals surface area contributed by atoms with E-state index < -0.39 is 0 Å². The van der Waals surface area contributed by atoms with Crippen LogP contribution in [0.5, 0.6) is 5.75 Å². The van der Waals surface area contributed by atoms with Gasteiger partial charge in [-0.1, -0.05) is 96.1 Å². The molecule has 3 heteroatoms. The Morgan fingerprint density at radius 3 is 2.44 bits per heavy atom. The number of aliphatic imine (C=N–C) groups is 1. The van der Waals surface area contributed by atoms with Crippen LogP contribution < -0.4 is 15.3 Å².